The molecule has 1 fully saturated rings. The van der Waals surface area contributed by atoms with Crippen LogP contribution in [0.2, 0.25) is 19.6 Å². The average Bonchev–Trinajstić information content (AvgIpc) is 2.51. The number of halogens is 3. The van der Waals surface area contributed by atoms with Gasteiger partial charge in [0, 0.05) is 12.5 Å². The summed E-state index contributed by atoms with van der Waals surface area (Å²) in [4.78, 5) is 13.6. The van der Waals surface area contributed by atoms with Crippen LogP contribution in [-0.4, -0.2) is 44.7 Å². The SMILES string of the molecule is C[Si](C)(C)c1ccc(CNC(=O)C2CCN(CC(F)(F)F)CC2)cc1. The van der Waals surface area contributed by atoms with Crippen LogP contribution < -0.4 is 10.5 Å². The molecule has 1 amide bonds. The number of likely N-dealkylation sites (tertiary alicyclic amines) is 1. The van der Waals surface area contributed by atoms with Crippen molar-refractivity contribution in [3.05, 3.63) is 29.8 Å². The molecule has 140 valence electrons. The number of nitrogens with zero attached hydrogens (tertiary/aromatic N) is 1. The van der Waals surface area contributed by atoms with Gasteiger partial charge in [0.2, 0.25) is 5.91 Å². The summed E-state index contributed by atoms with van der Waals surface area (Å²) in [5.74, 6) is -0.244. The van der Waals surface area contributed by atoms with Crippen LogP contribution in [0.4, 0.5) is 13.2 Å². The number of carbonyl (C=O) groups is 1. The Morgan fingerprint density at radius 3 is 2.20 bits per heavy atom. The monoisotopic (exact) mass is 372 g/mol. The summed E-state index contributed by atoms with van der Waals surface area (Å²) in [6.07, 6.45) is -3.20. The topological polar surface area (TPSA) is 32.3 Å². The highest BCUT2D eigenvalue weighted by Crippen LogP contribution is 2.22. The molecule has 1 aliphatic rings. The van der Waals surface area contributed by atoms with E-state index in [2.05, 4.69) is 37.1 Å². The van der Waals surface area contributed by atoms with E-state index in [0.29, 0.717) is 32.5 Å². The summed E-state index contributed by atoms with van der Waals surface area (Å²) in [6.45, 7) is 7.09. The lowest BCUT2D eigenvalue weighted by Gasteiger charge is -2.31. The van der Waals surface area contributed by atoms with E-state index in [-0.39, 0.29) is 11.8 Å². The van der Waals surface area contributed by atoms with Crippen LogP contribution in [0.3, 0.4) is 0 Å². The zero-order chi connectivity index (χ0) is 18.7. The Labute approximate surface area is 148 Å². The Hall–Kier alpha value is -1.34. The summed E-state index contributed by atoms with van der Waals surface area (Å²) in [6, 6.07) is 8.34. The maximum absolute atomic E-state index is 12.4. The predicted molar refractivity (Wildman–Crippen MR) is 96.5 cm³/mol. The van der Waals surface area contributed by atoms with Crippen LogP contribution in [0.15, 0.2) is 24.3 Å². The lowest BCUT2D eigenvalue weighted by atomic mass is 9.96. The van der Waals surface area contributed by atoms with E-state index in [1.165, 1.54) is 10.1 Å². The Balaban J connectivity index is 1.78. The number of benzene rings is 1. The number of piperidine rings is 1. The van der Waals surface area contributed by atoms with Crippen LogP contribution in [-0.2, 0) is 11.3 Å². The lowest BCUT2D eigenvalue weighted by molar-refractivity contribution is -0.149. The summed E-state index contributed by atoms with van der Waals surface area (Å²) in [5.41, 5.74) is 1.05. The minimum Gasteiger partial charge on any atom is -0.352 e. The molecule has 0 atom stereocenters. The van der Waals surface area contributed by atoms with E-state index in [4.69, 9.17) is 0 Å². The molecule has 1 heterocycles. The average molecular weight is 373 g/mol. The molecule has 1 aromatic rings. The van der Waals surface area contributed by atoms with Gasteiger partial charge in [0.1, 0.15) is 0 Å². The Morgan fingerprint density at radius 1 is 1.16 bits per heavy atom. The van der Waals surface area contributed by atoms with Gasteiger partial charge < -0.3 is 5.32 Å². The fourth-order valence-corrected chi connectivity index (χ4v) is 4.23. The van der Waals surface area contributed by atoms with Gasteiger partial charge in [-0.15, -0.1) is 0 Å². The van der Waals surface area contributed by atoms with Crippen LogP contribution in [0.1, 0.15) is 18.4 Å². The van der Waals surface area contributed by atoms with Gasteiger partial charge >= 0.3 is 6.18 Å². The highest BCUT2D eigenvalue weighted by Gasteiger charge is 2.33. The van der Waals surface area contributed by atoms with Gasteiger partial charge in [0.15, 0.2) is 0 Å². The summed E-state index contributed by atoms with van der Waals surface area (Å²) < 4.78 is 37.2. The van der Waals surface area contributed by atoms with Gasteiger partial charge in [-0.2, -0.15) is 13.2 Å². The maximum Gasteiger partial charge on any atom is 0.401 e. The number of amides is 1. The van der Waals surface area contributed by atoms with Gasteiger partial charge in [-0.3, -0.25) is 9.69 Å². The number of carbonyl (C=O) groups excluding carboxylic acids is 1. The molecule has 0 aromatic heterocycles. The van der Waals surface area contributed by atoms with Crippen molar-refractivity contribution in [2.45, 2.75) is 45.2 Å². The van der Waals surface area contributed by atoms with Crippen molar-refractivity contribution in [2.75, 3.05) is 19.6 Å². The second kappa shape index (κ2) is 7.91. The third-order valence-electron chi connectivity index (χ3n) is 4.65. The first-order valence-electron chi connectivity index (χ1n) is 8.71. The van der Waals surface area contributed by atoms with Crippen molar-refractivity contribution in [3.8, 4) is 0 Å². The quantitative estimate of drug-likeness (QED) is 0.806. The number of hydrogen-bond donors (Lipinski definition) is 1. The van der Waals surface area contributed by atoms with Gasteiger partial charge in [-0.25, -0.2) is 0 Å². The maximum atomic E-state index is 12.4. The number of rotatable bonds is 5. The molecule has 7 heteroatoms. The van der Waals surface area contributed by atoms with Crippen LogP contribution in [0.5, 0.6) is 0 Å². The van der Waals surface area contributed by atoms with Gasteiger partial charge in [0.25, 0.3) is 0 Å². The van der Waals surface area contributed by atoms with Crippen molar-refractivity contribution in [1.29, 1.82) is 0 Å². The zero-order valence-electron chi connectivity index (χ0n) is 15.1. The molecule has 1 N–H and O–H groups in total. The lowest BCUT2D eigenvalue weighted by Crippen LogP contribution is -2.43. The van der Waals surface area contributed by atoms with E-state index >= 15 is 0 Å². The van der Waals surface area contributed by atoms with Crippen molar-refractivity contribution in [3.63, 3.8) is 0 Å². The molecule has 0 bridgehead atoms. The van der Waals surface area contributed by atoms with Crippen molar-refractivity contribution in [2.24, 2.45) is 5.92 Å². The normalized spacial score (nSPS) is 17.5. The van der Waals surface area contributed by atoms with Crippen LogP contribution in [0, 0.1) is 5.92 Å². The van der Waals surface area contributed by atoms with Crippen molar-refractivity contribution in [1.82, 2.24) is 10.2 Å². The first kappa shape index (κ1) is 20.0. The van der Waals surface area contributed by atoms with E-state index in [1.807, 2.05) is 12.1 Å². The molecule has 1 aliphatic heterocycles. The Morgan fingerprint density at radius 2 is 1.72 bits per heavy atom. The molecule has 25 heavy (non-hydrogen) atoms. The zero-order valence-corrected chi connectivity index (χ0v) is 16.1. The fraction of sp³-hybridized carbons (Fsp3) is 0.611. The third kappa shape index (κ3) is 6.47. The Bertz CT molecular complexity index is 573. The second-order valence-electron chi connectivity index (χ2n) is 7.83. The van der Waals surface area contributed by atoms with E-state index in [0.717, 1.165) is 5.56 Å². The summed E-state index contributed by atoms with van der Waals surface area (Å²) in [5, 5.41) is 4.30. The minimum absolute atomic E-state index is 0.0547. The van der Waals surface area contributed by atoms with Crippen LogP contribution in [0.25, 0.3) is 0 Å². The molecule has 0 aliphatic carbocycles. The van der Waals surface area contributed by atoms with E-state index < -0.39 is 20.8 Å². The molecule has 0 spiro atoms. The first-order valence-corrected chi connectivity index (χ1v) is 12.2. The number of hydrogen-bond acceptors (Lipinski definition) is 2. The van der Waals surface area contributed by atoms with Gasteiger partial charge in [-0.05, 0) is 31.5 Å². The molecule has 0 radical (unpaired) electrons. The van der Waals surface area contributed by atoms with Gasteiger partial charge in [-0.1, -0.05) is 49.1 Å². The minimum atomic E-state index is -4.17. The van der Waals surface area contributed by atoms with E-state index in [9.17, 15) is 18.0 Å². The third-order valence-corrected chi connectivity index (χ3v) is 6.71. The number of alkyl halides is 3. The number of nitrogens with one attached hydrogen (secondary N) is 1. The van der Waals surface area contributed by atoms with Crippen molar-refractivity contribution >= 4 is 19.2 Å². The van der Waals surface area contributed by atoms with E-state index in [1.54, 1.807) is 0 Å². The molecule has 1 aromatic carbocycles. The highest BCUT2D eigenvalue weighted by molar-refractivity contribution is 6.88. The molecule has 3 nitrogen and oxygen atoms in total. The van der Waals surface area contributed by atoms with Crippen LogP contribution >= 0.6 is 0 Å². The molecule has 0 unspecified atom stereocenters. The van der Waals surface area contributed by atoms with Crippen molar-refractivity contribution < 1.29 is 18.0 Å². The first-order chi connectivity index (χ1) is 11.5. The standard InChI is InChI=1S/C18H27F3N2OSi/c1-25(2,3)16-6-4-14(5-7-16)12-22-17(24)15-8-10-23(11-9-15)13-18(19,20)21/h4-7,15H,8-13H2,1-3H3,(H,22,24). The summed E-state index contributed by atoms with van der Waals surface area (Å²) >= 11 is 0. The molecular weight excluding hydrogens is 345 g/mol. The molecular formula is C18H27F3N2OSi. The molecule has 0 saturated carbocycles. The van der Waals surface area contributed by atoms with Gasteiger partial charge in [0.05, 0.1) is 14.6 Å². The second-order valence-corrected chi connectivity index (χ2v) is 12.9. The highest BCUT2D eigenvalue weighted by atomic mass is 28.3. The smallest absolute Gasteiger partial charge is 0.352 e. The fourth-order valence-electron chi connectivity index (χ4n) is 3.06. The molecule has 2 rings (SSSR count). The predicted octanol–water partition coefficient (Wildman–Crippen LogP) is 3.12. The Kier molecular flexibility index (Phi) is 6.32. The molecule has 1 saturated heterocycles. The largest absolute Gasteiger partial charge is 0.401 e. The summed E-state index contributed by atoms with van der Waals surface area (Å²) in [7, 11) is -1.32.